The van der Waals surface area contributed by atoms with E-state index in [2.05, 4.69) is 4.98 Å². The Kier molecular flexibility index (Phi) is 9.40. The maximum Gasteiger partial charge on any atom is 0.435 e. The summed E-state index contributed by atoms with van der Waals surface area (Å²) in [7, 11) is 0. The third kappa shape index (κ3) is 7.58. The van der Waals surface area contributed by atoms with E-state index in [0.29, 0.717) is 17.5 Å². The third-order valence-electron chi connectivity index (χ3n) is 6.79. The monoisotopic (exact) mass is 588 g/mol. The van der Waals surface area contributed by atoms with Gasteiger partial charge in [0, 0.05) is 37.3 Å². The van der Waals surface area contributed by atoms with Crippen LogP contribution in [0.2, 0.25) is 0 Å². The number of alkyl halides is 6. The number of hydrogen-bond acceptors (Lipinski definition) is 3. The first kappa shape index (κ1) is 30.8. The molecule has 0 spiro atoms. The summed E-state index contributed by atoms with van der Waals surface area (Å²) in [5.74, 6) is -0.457. The summed E-state index contributed by atoms with van der Waals surface area (Å²) in [5.41, 5.74) is 5.08. The van der Waals surface area contributed by atoms with Crippen molar-refractivity contribution in [2.24, 2.45) is 5.73 Å². The predicted molar refractivity (Wildman–Crippen MR) is 147 cm³/mol. The molecule has 0 bridgehead atoms. The number of carbonyl (C=O) groups excluding carboxylic acids is 1. The van der Waals surface area contributed by atoms with Crippen molar-refractivity contribution in [1.29, 1.82) is 0 Å². The second kappa shape index (κ2) is 12.8. The van der Waals surface area contributed by atoms with Crippen molar-refractivity contribution < 1.29 is 31.1 Å². The number of primary amides is 1. The molecule has 0 atom stereocenters. The van der Waals surface area contributed by atoms with Crippen molar-refractivity contribution in [1.82, 2.24) is 14.5 Å². The molecule has 0 saturated carbocycles. The van der Waals surface area contributed by atoms with Crippen molar-refractivity contribution in [3.05, 3.63) is 113 Å². The minimum Gasteiger partial charge on any atom is -0.366 e. The van der Waals surface area contributed by atoms with Gasteiger partial charge in [-0.25, -0.2) is 4.98 Å². The number of aromatic nitrogens is 2. The van der Waals surface area contributed by atoms with Gasteiger partial charge in [-0.15, -0.1) is 0 Å². The van der Waals surface area contributed by atoms with Crippen LogP contribution in [0.4, 0.5) is 26.3 Å². The van der Waals surface area contributed by atoms with Gasteiger partial charge in [-0.05, 0) is 35.7 Å². The van der Waals surface area contributed by atoms with E-state index in [0.717, 1.165) is 18.6 Å². The van der Waals surface area contributed by atoms with E-state index in [4.69, 9.17) is 5.73 Å². The van der Waals surface area contributed by atoms with Crippen molar-refractivity contribution in [3.8, 4) is 11.4 Å². The highest BCUT2D eigenvalue weighted by molar-refractivity contribution is 5.92. The van der Waals surface area contributed by atoms with Crippen LogP contribution in [0, 0.1) is 0 Å². The zero-order chi connectivity index (χ0) is 30.5. The van der Waals surface area contributed by atoms with Crippen LogP contribution in [-0.4, -0.2) is 20.4 Å². The van der Waals surface area contributed by atoms with E-state index in [9.17, 15) is 31.1 Å². The first-order chi connectivity index (χ1) is 19.9. The smallest absolute Gasteiger partial charge is 0.366 e. The minimum atomic E-state index is -4.76. The predicted octanol–water partition coefficient (Wildman–Crippen LogP) is 7.69. The van der Waals surface area contributed by atoms with Crippen LogP contribution >= 0.6 is 0 Å². The Morgan fingerprint density at radius 2 is 1.50 bits per heavy atom. The van der Waals surface area contributed by atoms with Crippen LogP contribution in [0.15, 0.2) is 78.9 Å². The van der Waals surface area contributed by atoms with Gasteiger partial charge in [0.2, 0.25) is 5.91 Å². The van der Waals surface area contributed by atoms with Gasteiger partial charge >= 0.3 is 12.4 Å². The molecular weight excluding hydrogens is 558 g/mol. The summed E-state index contributed by atoms with van der Waals surface area (Å²) in [6.07, 6.45) is -8.00. The molecule has 0 unspecified atom stereocenters. The van der Waals surface area contributed by atoms with Gasteiger partial charge in [0.1, 0.15) is 5.82 Å². The van der Waals surface area contributed by atoms with Crippen molar-refractivity contribution in [2.45, 2.75) is 58.3 Å². The molecule has 5 nitrogen and oxygen atoms in total. The van der Waals surface area contributed by atoms with Crippen LogP contribution in [0.3, 0.4) is 0 Å². The molecule has 0 aliphatic carbocycles. The summed E-state index contributed by atoms with van der Waals surface area (Å²) in [6.45, 7) is 1.99. The fraction of sp³-hybridized carbons (Fsp3) is 0.290. The lowest BCUT2D eigenvalue weighted by molar-refractivity contribution is -0.142. The van der Waals surface area contributed by atoms with Crippen molar-refractivity contribution in [2.75, 3.05) is 0 Å². The average molecular weight is 589 g/mol. The van der Waals surface area contributed by atoms with E-state index in [-0.39, 0.29) is 48.8 Å². The fourth-order valence-electron chi connectivity index (χ4n) is 4.75. The number of amides is 1. The molecule has 3 aromatic carbocycles. The molecule has 0 saturated heterocycles. The Hall–Kier alpha value is -4.12. The number of carbonyl (C=O) groups is 1. The lowest BCUT2D eigenvalue weighted by atomic mass is 10.1. The Morgan fingerprint density at radius 1 is 0.833 bits per heavy atom. The standard InChI is InChI=1S/C31H30F6N4O/c1-2-3-16-41-26(27(31(35,36)37)39-29(41)24-9-5-4-6-10-24)20-40(18-21-12-14-23(15-13-21)28(38)42)19-22-8-7-11-25(17-22)30(32,33)34/h4-15,17H,2-3,16,18-20H2,1H3,(H2,38,42). The molecule has 0 aliphatic rings. The summed E-state index contributed by atoms with van der Waals surface area (Å²) in [4.78, 5) is 17.2. The molecule has 0 fully saturated rings. The van der Waals surface area contributed by atoms with Crippen LogP contribution in [0.25, 0.3) is 11.4 Å². The van der Waals surface area contributed by atoms with E-state index < -0.39 is 29.5 Å². The van der Waals surface area contributed by atoms with Gasteiger partial charge in [0.25, 0.3) is 0 Å². The van der Waals surface area contributed by atoms with Crippen LogP contribution in [-0.2, 0) is 38.5 Å². The summed E-state index contributed by atoms with van der Waals surface area (Å²) in [6, 6.07) is 19.5. The minimum absolute atomic E-state index is 0.0710. The van der Waals surface area contributed by atoms with Gasteiger partial charge < -0.3 is 10.3 Å². The van der Waals surface area contributed by atoms with Gasteiger partial charge in [-0.3, -0.25) is 9.69 Å². The molecule has 4 aromatic rings. The molecule has 0 radical (unpaired) electrons. The zero-order valence-corrected chi connectivity index (χ0v) is 22.8. The van der Waals surface area contributed by atoms with Crippen LogP contribution < -0.4 is 5.73 Å². The Labute approximate surface area is 239 Å². The Balaban J connectivity index is 1.80. The molecular formula is C31H30F6N4O. The number of hydrogen-bond donors (Lipinski definition) is 1. The molecule has 2 N–H and O–H groups in total. The molecule has 0 aliphatic heterocycles. The van der Waals surface area contributed by atoms with Crippen molar-refractivity contribution in [3.63, 3.8) is 0 Å². The first-order valence-electron chi connectivity index (χ1n) is 13.4. The Bertz CT molecular complexity index is 1490. The molecule has 4 rings (SSSR count). The lowest BCUT2D eigenvalue weighted by Crippen LogP contribution is -2.26. The van der Waals surface area contributed by atoms with Crippen molar-refractivity contribution >= 4 is 5.91 Å². The Morgan fingerprint density at radius 3 is 2.10 bits per heavy atom. The fourth-order valence-corrected chi connectivity index (χ4v) is 4.75. The SMILES string of the molecule is CCCCn1c(-c2ccccc2)nc(C(F)(F)F)c1CN(Cc1ccc(C(N)=O)cc1)Cc1cccc(C(F)(F)F)c1. The quantitative estimate of drug-likeness (QED) is 0.183. The number of nitrogens with zero attached hydrogens (tertiary/aromatic N) is 3. The van der Waals surface area contributed by atoms with E-state index in [1.54, 1.807) is 51.9 Å². The summed E-state index contributed by atoms with van der Waals surface area (Å²) < 4.78 is 85.1. The number of rotatable bonds is 11. The van der Waals surface area contributed by atoms with Crippen LogP contribution in [0.1, 0.15) is 58.2 Å². The number of imidazole rings is 1. The highest BCUT2D eigenvalue weighted by Gasteiger charge is 2.39. The average Bonchev–Trinajstić information content (AvgIpc) is 3.30. The highest BCUT2D eigenvalue weighted by atomic mass is 19.4. The number of unbranched alkanes of at least 4 members (excludes halogenated alkanes) is 1. The number of nitrogens with two attached hydrogens (primary N) is 1. The molecule has 1 aromatic heterocycles. The third-order valence-corrected chi connectivity index (χ3v) is 6.79. The van der Waals surface area contributed by atoms with Gasteiger partial charge in [0.15, 0.2) is 5.69 Å². The van der Waals surface area contributed by atoms with Crippen LogP contribution in [0.5, 0.6) is 0 Å². The van der Waals surface area contributed by atoms with Gasteiger partial charge in [0.05, 0.1) is 11.3 Å². The largest absolute Gasteiger partial charge is 0.435 e. The summed E-state index contributed by atoms with van der Waals surface area (Å²) in [5, 5.41) is 0. The van der Waals surface area contributed by atoms with E-state index in [1.807, 2.05) is 6.92 Å². The molecule has 11 heteroatoms. The number of benzene rings is 3. The summed E-state index contributed by atoms with van der Waals surface area (Å²) >= 11 is 0. The second-order valence-corrected chi connectivity index (χ2v) is 10.0. The van der Waals surface area contributed by atoms with Gasteiger partial charge in [-0.2, -0.15) is 26.3 Å². The topological polar surface area (TPSA) is 64.2 Å². The maximum atomic E-state index is 14.4. The maximum absolute atomic E-state index is 14.4. The molecule has 222 valence electrons. The lowest BCUT2D eigenvalue weighted by Gasteiger charge is -2.25. The normalized spacial score (nSPS) is 12.2. The second-order valence-electron chi connectivity index (χ2n) is 10.0. The van der Waals surface area contributed by atoms with E-state index >= 15 is 0 Å². The van der Waals surface area contributed by atoms with Gasteiger partial charge in [-0.1, -0.05) is 74.0 Å². The number of halogens is 6. The molecule has 1 amide bonds. The molecule has 1 heterocycles. The molecule has 42 heavy (non-hydrogen) atoms. The zero-order valence-electron chi connectivity index (χ0n) is 22.8. The highest BCUT2D eigenvalue weighted by Crippen LogP contribution is 2.36. The van der Waals surface area contributed by atoms with E-state index in [1.165, 1.54) is 24.3 Å². The first-order valence-corrected chi connectivity index (χ1v) is 13.4.